The number of fused-ring (bicyclic) bond motifs is 1. The Bertz CT molecular complexity index is 827. The Morgan fingerprint density at radius 3 is 2.53 bits per heavy atom. The SMILES string of the molecule is O=c1c2ccccc2nc(-c2ccccc2Br)n1O. The lowest BCUT2D eigenvalue weighted by molar-refractivity contribution is 0.178. The number of nitrogens with zero attached hydrogens (tertiary/aromatic N) is 2. The number of hydrogen-bond acceptors (Lipinski definition) is 3. The lowest BCUT2D eigenvalue weighted by atomic mass is 10.2. The van der Waals surface area contributed by atoms with Crippen molar-refractivity contribution in [3.05, 3.63) is 63.4 Å². The molecule has 1 N–H and O–H groups in total. The molecule has 0 bridgehead atoms. The molecule has 0 atom stereocenters. The minimum Gasteiger partial charge on any atom is -0.423 e. The van der Waals surface area contributed by atoms with Crippen LogP contribution in [-0.4, -0.2) is 14.9 Å². The normalized spacial score (nSPS) is 10.8. The van der Waals surface area contributed by atoms with Crippen LogP contribution in [0.1, 0.15) is 0 Å². The first-order valence-electron chi connectivity index (χ1n) is 5.64. The highest BCUT2D eigenvalue weighted by molar-refractivity contribution is 9.10. The summed E-state index contributed by atoms with van der Waals surface area (Å²) >= 11 is 3.39. The maximum atomic E-state index is 12.1. The van der Waals surface area contributed by atoms with Crippen molar-refractivity contribution in [2.45, 2.75) is 0 Å². The molecule has 0 saturated heterocycles. The molecule has 0 radical (unpaired) electrons. The fraction of sp³-hybridized carbons (Fsp3) is 0. The summed E-state index contributed by atoms with van der Waals surface area (Å²) in [5.41, 5.74) is 0.743. The van der Waals surface area contributed by atoms with Crippen LogP contribution >= 0.6 is 15.9 Å². The quantitative estimate of drug-likeness (QED) is 0.702. The first-order chi connectivity index (χ1) is 9.18. The van der Waals surface area contributed by atoms with E-state index < -0.39 is 5.56 Å². The Morgan fingerprint density at radius 1 is 1.05 bits per heavy atom. The van der Waals surface area contributed by atoms with Crippen molar-refractivity contribution in [2.24, 2.45) is 0 Å². The lowest BCUT2D eigenvalue weighted by Crippen LogP contribution is -2.21. The van der Waals surface area contributed by atoms with E-state index in [2.05, 4.69) is 20.9 Å². The summed E-state index contributed by atoms with van der Waals surface area (Å²) in [6.45, 7) is 0. The van der Waals surface area contributed by atoms with Crippen LogP contribution in [0.3, 0.4) is 0 Å². The number of aromatic nitrogens is 2. The molecule has 5 heteroatoms. The maximum absolute atomic E-state index is 12.1. The van der Waals surface area contributed by atoms with Crippen molar-refractivity contribution in [3.8, 4) is 11.4 Å². The van der Waals surface area contributed by atoms with Crippen LogP contribution in [-0.2, 0) is 0 Å². The number of benzene rings is 2. The second-order valence-corrected chi connectivity index (χ2v) is 4.90. The zero-order valence-corrected chi connectivity index (χ0v) is 11.3. The van der Waals surface area contributed by atoms with Crippen molar-refractivity contribution in [1.82, 2.24) is 9.71 Å². The van der Waals surface area contributed by atoms with Gasteiger partial charge in [-0.05, 0) is 24.3 Å². The van der Waals surface area contributed by atoms with Crippen molar-refractivity contribution >= 4 is 26.8 Å². The summed E-state index contributed by atoms with van der Waals surface area (Å²) in [4.78, 5) is 16.4. The molecule has 0 amide bonds. The van der Waals surface area contributed by atoms with Crippen LogP contribution < -0.4 is 5.56 Å². The van der Waals surface area contributed by atoms with Gasteiger partial charge in [0, 0.05) is 10.0 Å². The Kier molecular flexibility index (Phi) is 2.83. The first kappa shape index (κ1) is 11.9. The van der Waals surface area contributed by atoms with E-state index in [-0.39, 0.29) is 5.82 Å². The highest BCUT2D eigenvalue weighted by Crippen LogP contribution is 2.26. The van der Waals surface area contributed by atoms with Crippen molar-refractivity contribution < 1.29 is 5.21 Å². The maximum Gasteiger partial charge on any atom is 0.294 e. The Hall–Kier alpha value is -2.14. The summed E-state index contributed by atoms with van der Waals surface area (Å²) in [5.74, 6) is 0.219. The second kappa shape index (κ2) is 4.51. The van der Waals surface area contributed by atoms with Gasteiger partial charge in [-0.25, -0.2) is 4.98 Å². The highest BCUT2D eigenvalue weighted by Gasteiger charge is 2.13. The molecule has 0 unspecified atom stereocenters. The fourth-order valence-corrected chi connectivity index (χ4v) is 2.40. The molecule has 94 valence electrons. The van der Waals surface area contributed by atoms with Gasteiger partial charge in [-0.2, -0.15) is 0 Å². The molecule has 3 rings (SSSR count). The van der Waals surface area contributed by atoms with Crippen LogP contribution in [0, 0.1) is 0 Å². The standard InChI is InChI=1S/C14H9BrN2O2/c15-11-7-3-1-5-9(11)13-16-12-8-4-2-6-10(12)14(18)17(13)19/h1-8,19H. The van der Waals surface area contributed by atoms with Gasteiger partial charge in [0.2, 0.25) is 0 Å². The first-order valence-corrected chi connectivity index (χ1v) is 6.44. The smallest absolute Gasteiger partial charge is 0.294 e. The Morgan fingerprint density at radius 2 is 1.74 bits per heavy atom. The average Bonchev–Trinajstić information content (AvgIpc) is 2.44. The summed E-state index contributed by atoms with van der Waals surface area (Å²) in [6.07, 6.45) is 0. The van der Waals surface area contributed by atoms with E-state index in [9.17, 15) is 10.0 Å². The van der Waals surface area contributed by atoms with E-state index in [4.69, 9.17) is 0 Å². The van der Waals surface area contributed by atoms with E-state index in [1.165, 1.54) is 0 Å². The highest BCUT2D eigenvalue weighted by atomic mass is 79.9. The minimum atomic E-state index is -0.476. The summed E-state index contributed by atoms with van der Waals surface area (Å²) in [5, 5.41) is 10.4. The largest absolute Gasteiger partial charge is 0.423 e. The Balaban J connectivity index is 2.40. The molecule has 1 heterocycles. The summed E-state index contributed by atoms with van der Waals surface area (Å²) in [6, 6.07) is 14.2. The van der Waals surface area contributed by atoms with Crippen LogP contribution in [0.2, 0.25) is 0 Å². The van der Waals surface area contributed by atoms with E-state index in [0.29, 0.717) is 21.2 Å². The average molecular weight is 317 g/mol. The summed E-state index contributed by atoms with van der Waals surface area (Å²) < 4.78 is 1.35. The van der Waals surface area contributed by atoms with Gasteiger partial charge in [-0.3, -0.25) is 4.79 Å². The number of halogens is 1. The van der Waals surface area contributed by atoms with Gasteiger partial charge < -0.3 is 5.21 Å². The van der Waals surface area contributed by atoms with Crippen molar-refractivity contribution in [2.75, 3.05) is 0 Å². The van der Waals surface area contributed by atoms with Crippen LogP contribution in [0.4, 0.5) is 0 Å². The lowest BCUT2D eigenvalue weighted by Gasteiger charge is -2.08. The van der Waals surface area contributed by atoms with Crippen LogP contribution in [0.15, 0.2) is 57.8 Å². The van der Waals surface area contributed by atoms with Crippen molar-refractivity contribution in [1.29, 1.82) is 0 Å². The van der Waals surface area contributed by atoms with E-state index in [1.54, 1.807) is 30.3 Å². The molecule has 0 aliphatic heterocycles. The molecule has 4 nitrogen and oxygen atoms in total. The molecule has 2 aromatic carbocycles. The topological polar surface area (TPSA) is 55.1 Å². The molecular formula is C14H9BrN2O2. The summed E-state index contributed by atoms with van der Waals surface area (Å²) in [7, 11) is 0. The molecule has 0 saturated carbocycles. The third-order valence-corrected chi connectivity index (χ3v) is 3.56. The van der Waals surface area contributed by atoms with Gasteiger partial charge in [0.05, 0.1) is 10.9 Å². The molecule has 19 heavy (non-hydrogen) atoms. The number of hydrogen-bond donors (Lipinski definition) is 1. The monoisotopic (exact) mass is 316 g/mol. The third kappa shape index (κ3) is 1.92. The molecule has 0 aliphatic carbocycles. The zero-order chi connectivity index (χ0) is 13.4. The minimum absolute atomic E-state index is 0.219. The molecule has 0 aliphatic rings. The van der Waals surface area contributed by atoms with E-state index in [1.807, 2.05) is 18.2 Å². The van der Waals surface area contributed by atoms with E-state index in [0.717, 1.165) is 4.47 Å². The van der Waals surface area contributed by atoms with E-state index >= 15 is 0 Å². The molecule has 0 fully saturated rings. The molecule has 1 aromatic heterocycles. The molecule has 3 aromatic rings. The van der Waals surface area contributed by atoms with Crippen LogP contribution in [0.5, 0.6) is 0 Å². The van der Waals surface area contributed by atoms with Crippen LogP contribution in [0.25, 0.3) is 22.3 Å². The van der Waals surface area contributed by atoms with Gasteiger partial charge >= 0.3 is 0 Å². The van der Waals surface area contributed by atoms with Gasteiger partial charge in [-0.15, -0.1) is 4.73 Å². The number of rotatable bonds is 1. The Labute approximate surface area is 117 Å². The van der Waals surface area contributed by atoms with Gasteiger partial charge in [-0.1, -0.05) is 40.2 Å². The van der Waals surface area contributed by atoms with Crippen molar-refractivity contribution in [3.63, 3.8) is 0 Å². The molecule has 0 spiro atoms. The predicted octanol–water partition coefficient (Wildman–Crippen LogP) is 3.06. The van der Waals surface area contributed by atoms with Gasteiger partial charge in [0.25, 0.3) is 5.56 Å². The third-order valence-electron chi connectivity index (χ3n) is 2.87. The van der Waals surface area contributed by atoms with Gasteiger partial charge in [0.1, 0.15) is 0 Å². The zero-order valence-electron chi connectivity index (χ0n) is 9.75. The predicted molar refractivity (Wildman–Crippen MR) is 76.3 cm³/mol. The fourth-order valence-electron chi connectivity index (χ4n) is 1.94. The second-order valence-electron chi connectivity index (χ2n) is 4.05. The molecular weight excluding hydrogens is 308 g/mol. The number of para-hydroxylation sites is 1. The van der Waals surface area contributed by atoms with Gasteiger partial charge in [0.15, 0.2) is 5.82 Å².